The van der Waals surface area contributed by atoms with Gasteiger partial charge in [-0.1, -0.05) is 12.1 Å². The number of alkyl halides is 2. The molecule has 0 saturated heterocycles. The van der Waals surface area contributed by atoms with Crippen LogP contribution in [-0.2, 0) is 5.92 Å². The molecule has 0 amide bonds. The molecule has 0 aliphatic rings. The first kappa shape index (κ1) is 9.57. The van der Waals surface area contributed by atoms with Crippen molar-refractivity contribution in [1.82, 2.24) is 0 Å². The summed E-state index contributed by atoms with van der Waals surface area (Å²) in [5.41, 5.74) is 3.77. The summed E-state index contributed by atoms with van der Waals surface area (Å²) in [5.74, 6) is -6.16. The van der Waals surface area contributed by atoms with Gasteiger partial charge >= 0.3 is 5.92 Å². The average Bonchev–Trinajstić information content (AvgIpc) is 2.04. The molecule has 0 saturated carbocycles. The van der Waals surface area contributed by atoms with Gasteiger partial charge in [0.1, 0.15) is 5.82 Å². The average molecular weight is 188 g/mol. The Kier molecular flexibility index (Phi) is 2.27. The van der Waals surface area contributed by atoms with E-state index in [4.69, 9.17) is 5.41 Å². The number of nitrogens with two attached hydrogens (primary N) is 1. The fraction of sp³-hybridized carbons (Fsp3) is 0.125. The second-order valence-corrected chi connectivity index (χ2v) is 2.47. The van der Waals surface area contributed by atoms with Crippen molar-refractivity contribution in [2.75, 3.05) is 0 Å². The molecule has 0 radical (unpaired) electrons. The summed E-state index contributed by atoms with van der Waals surface area (Å²) in [6.45, 7) is 0. The van der Waals surface area contributed by atoms with Gasteiger partial charge in [0, 0.05) is 0 Å². The number of nitrogens with one attached hydrogen (secondary N) is 1. The van der Waals surface area contributed by atoms with Crippen molar-refractivity contribution in [1.29, 1.82) is 5.41 Å². The molecule has 0 heterocycles. The number of amidine groups is 1. The van der Waals surface area contributed by atoms with Crippen molar-refractivity contribution in [2.45, 2.75) is 5.92 Å². The second-order valence-electron chi connectivity index (χ2n) is 2.47. The number of hydrogen-bond acceptors (Lipinski definition) is 1. The highest BCUT2D eigenvalue weighted by Gasteiger charge is 2.37. The molecular formula is C8H7F3N2. The topological polar surface area (TPSA) is 49.9 Å². The molecule has 2 nitrogen and oxygen atoms in total. The summed E-state index contributed by atoms with van der Waals surface area (Å²) >= 11 is 0. The lowest BCUT2D eigenvalue weighted by molar-refractivity contribution is 0.0692. The quantitative estimate of drug-likeness (QED) is 0.540. The second kappa shape index (κ2) is 3.08. The van der Waals surface area contributed by atoms with Crippen LogP contribution in [0.1, 0.15) is 5.56 Å². The monoisotopic (exact) mass is 188 g/mol. The Morgan fingerprint density at radius 1 is 1.31 bits per heavy atom. The van der Waals surface area contributed by atoms with Gasteiger partial charge in [0.15, 0.2) is 5.84 Å². The van der Waals surface area contributed by atoms with E-state index in [-0.39, 0.29) is 0 Å². The standard InChI is InChI=1S/C8H7F3N2/c9-6-4-2-1-3-5(6)8(10,11)7(12)13/h1-4H,(H3,12,13). The van der Waals surface area contributed by atoms with E-state index < -0.39 is 23.1 Å². The van der Waals surface area contributed by atoms with E-state index in [0.717, 1.165) is 12.1 Å². The van der Waals surface area contributed by atoms with Gasteiger partial charge < -0.3 is 5.73 Å². The molecule has 0 aliphatic carbocycles. The van der Waals surface area contributed by atoms with Crippen LogP contribution in [-0.4, -0.2) is 5.84 Å². The minimum Gasteiger partial charge on any atom is -0.382 e. The summed E-state index contributed by atoms with van der Waals surface area (Å²) in [4.78, 5) is 0. The molecule has 13 heavy (non-hydrogen) atoms. The van der Waals surface area contributed by atoms with Crippen LogP contribution in [0.4, 0.5) is 13.2 Å². The van der Waals surface area contributed by atoms with Gasteiger partial charge in [-0.15, -0.1) is 0 Å². The van der Waals surface area contributed by atoms with Crippen LogP contribution < -0.4 is 5.73 Å². The number of benzene rings is 1. The summed E-state index contributed by atoms with van der Waals surface area (Å²) in [5, 5.41) is 6.59. The molecule has 1 rings (SSSR count). The first-order valence-electron chi connectivity index (χ1n) is 3.43. The van der Waals surface area contributed by atoms with E-state index in [0.29, 0.717) is 0 Å². The van der Waals surface area contributed by atoms with Gasteiger partial charge in [0.05, 0.1) is 5.56 Å². The molecule has 0 atom stereocenters. The van der Waals surface area contributed by atoms with Crippen molar-refractivity contribution in [3.8, 4) is 0 Å². The van der Waals surface area contributed by atoms with Crippen LogP contribution >= 0.6 is 0 Å². The van der Waals surface area contributed by atoms with Crippen molar-refractivity contribution in [3.63, 3.8) is 0 Å². The summed E-state index contributed by atoms with van der Waals surface area (Å²) < 4.78 is 38.7. The van der Waals surface area contributed by atoms with Crippen molar-refractivity contribution >= 4 is 5.84 Å². The van der Waals surface area contributed by atoms with Gasteiger partial charge in [-0.25, -0.2) is 4.39 Å². The van der Waals surface area contributed by atoms with E-state index in [1.54, 1.807) is 0 Å². The molecule has 1 aromatic carbocycles. The summed E-state index contributed by atoms with van der Waals surface area (Å²) in [7, 11) is 0. The zero-order valence-electron chi connectivity index (χ0n) is 6.52. The lowest BCUT2D eigenvalue weighted by Crippen LogP contribution is -2.33. The minimum absolute atomic E-state index is 0.873. The van der Waals surface area contributed by atoms with E-state index in [2.05, 4.69) is 5.73 Å². The summed E-state index contributed by atoms with van der Waals surface area (Å²) in [6.07, 6.45) is 0. The molecular weight excluding hydrogens is 181 g/mol. The number of hydrogen-bond donors (Lipinski definition) is 2. The Hall–Kier alpha value is -1.52. The van der Waals surface area contributed by atoms with E-state index in [9.17, 15) is 13.2 Å². The van der Waals surface area contributed by atoms with E-state index in [1.165, 1.54) is 12.1 Å². The predicted molar refractivity (Wildman–Crippen MR) is 42.2 cm³/mol. The highest BCUT2D eigenvalue weighted by Crippen LogP contribution is 2.29. The van der Waals surface area contributed by atoms with Crippen LogP contribution in [0.5, 0.6) is 0 Å². The summed E-state index contributed by atoms with van der Waals surface area (Å²) in [6, 6.07) is 4.34. The van der Waals surface area contributed by atoms with Crippen LogP contribution in [0, 0.1) is 11.2 Å². The Morgan fingerprint density at radius 3 is 2.31 bits per heavy atom. The third-order valence-electron chi connectivity index (χ3n) is 1.55. The van der Waals surface area contributed by atoms with Crippen LogP contribution in [0.15, 0.2) is 24.3 Å². The van der Waals surface area contributed by atoms with Gasteiger partial charge in [-0.2, -0.15) is 8.78 Å². The maximum absolute atomic E-state index is 12.9. The molecule has 1 aromatic rings. The molecule has 5 heteroatoms. The fourth-order valence-electron chi connectivity index (χ4n) is 0.861. The van der Waals surface area contributed by atoms with Gasteiger partial charge in [-0.05, 0) is 12.1 Å². The highest BCUT2D eigenvalue weighted by atomic mass is 19.3. The normalized spacial score (nSPS) is 11.3. The van der Waals surface area contributed by atoms with Gasteiger partial charge in [0.25, 0.3) is 0 Å². The lowest BCUT2D eigenvalue weighted by atomic mass is 10.1. The van der Waals surface area contributed by atoms with Gasteiger partial charge in [0.2, 0.25) is 0 Å². The molecule has 70 valence electrons. The van der Waals surface area contributed by atoms with Crippen LogP contribution in [0.3, 0.4) is 0 Å². The zero-order valence-corrected chi connectivity index (χ0v) is 6.52. The minimum atomic E-state index is -3.73. The first-order valence-corrected chi connectivity index (χ1v) is 3.43. The first-order chi connectivity index (χ1) is 5.96. The Bertz CT molecular complexity index is 336. The Labute approximate surface area is 72.7 Å². The molecule has 3 N–H and O–H groups in total. The molecule has 0 fully saturated rings. The van der Waals surface area contributed by atoms with Crippen LogP contribution in [0.2, 0.25) is 0 Å². The van der Waals surface area contributed by atoms with E-state index >= 15 is 0 Å². The van der Waals surface area contributed by atoms with E-state index in [1.807, 2.05) is 0 Å². The maximum Gasteiger partial charge on any atom is 0.331 e. The lowest BCUT2D eigenvalue weighted by Gasteiger charge is -2.14. The smallest absolute Gasteiger partial charge is 0.331 e. The Balaban J connectivity index is 3.22. The predicted octanol–water partition coefficient (Wildman–Crippen LogP) is 1.85. The SMILES string of the molecule is N=C(N)C(F)(F)c1ccccc1F. The fourth-order valence-corrected chi connectivity index (χ4v) is 0.861. The largest absolute Gasteiger partial charge is 0.382 e. The Morgan fingerprint density at radius 2 is 1.85 bits per heavy atom. The third-order valence-corrected chi connectivity index (χ3v) is 1.55. The van der Waals surface area contributed by atoms with Gasteiger partial charge in [-0.3, -0.25) is 5.41 Å². The third kappa shape index (κ3) is 1.63. The van der Waals surface area contributed by atoms with Crippen LogP contribution in [0.25, 0.3) is 0 Å². The molecule has 0 spiro atoms. The maximum atomic E-state index is 12.9. The van der Waals surface area contributed by atoms with Crippen molar-refractivity contribution in [2.24, 2.45) is 5.73 Å². The molecule has 0 bridgehead atoms. The van der Waals surface area contributed by atoms with Crippen molar-refractivity contribution in [3.05, 3.63) is 35.6 Å². The number of halogens is 3. The molecule has 0 aromatic heterocycles. The number of rotatable bonds is 2. The molecule has 0 aliphatic heterocycles. The molecule has 0 unspecified atom stereocenters. The zero-order chi connectivity index (χ0) is 10.1. The highest BCUT2D eigenvalue weighted by molar-refractivity contribution is 5.85. The van der Waals surface area contributed by atoms with Crippen molar-refractivity contribution < 1.29 is 13.2 Å².